The Morgan fingerprint density at radius 3 is 2.28 bits per heavy atom. The molecule has 0 spiro atoms. The number of nitrogens with one attached hydrogen (secondary N) is 2. The molecule has 0 saturated carbocycles. The third-order valence-corrected chi connectivity index (χ3v) is 3.50. The normalized spacial score (nSPS) is 11.1. The van der Waals surface area contributed by atoms with E-state index in [1.807, 2.05) is 13.0 Å². The van der Waals surface area contributed by atoms with Crippen LogP contribution in [0.4, 0.5) is 18.9 Å². The first-order valence-corrected chi connectivity index (χ1v) is 7.50. The number of hydrogen-bond donors (Lipinski definition) is 2. The number of benzene rings is 2. The Morgan fingerprint density at radius 2 is 1.64 bits per heavy atom. The summed E-state index contributed by atoms with van der Waals surface area (Å²) in [4.78, 5) is 24.4. The predicted octanol–water partition coefficient (Wildman–Crippen LogP) is 3.85. The van der Waals surface area contributed by atoms with E-state index in [-0.39, 0.29) is 11.3 Å². The Hall–Kier alpha value is -2.83. The number of amides is 2. The summed E-state index contributed by atoms with van der Waals surface area (Å²) >= 11 is 0. The van der Waals surface area contributed by atoms with Gasteiger partial charge in [-0.25, -0.2) is 0 Å². The minimum atomic E-state index is -4.51. The molecule has 0 aliphatic carbocycles. The van der Waals surface area contributed by atoms with E-state index in [0.29, 0.717) is 5.56 Å². The largest absolute Gasteiger partial charge is 0.405 e. The van der Waals surface area contributed by atoms with Crippen molar-refractivity contribution in [2.45, 2.75) is 20.0 Å². The summed E-state index contributed by atoms with van der Waals surface area (Å²) in [6.07, 6.45) is -4.51. The van der Waals surface area contributed by atoms with Gasteiger partial charge in [0, 0.05) is 5.56 Å². The number of para-hydroxylation sites is 1. The smallest absolute Gasteiger partial charge is 0.343 e. The molecule has 25 heavy (non-hydrogen) atoms. The number of halogens is 3. The number of carbonyl (C=O) groups excluding carboxylic acids is 2. The van der Waals surface area contributed by atoms with Crippen LogP contribution in [0.25, 0.3) is 0 Å². The molecule has 0 bridgehead atoms. The SMILES string of the molecule is Cc1ccc(C(=O)Nc2ccccc2C(=O)NCC(F)(F)F)c(C)c1. The zero-order valence-corrected chi connectivity index (χ0v) is 13.7. The quantitative estimate of drug-likeness (QED) is 0.880. The van der Waals surface area contributed by atoms with Gasteiger partial charge in [-0.2, -0.15) is 13.2 Å². The summed E-state index contributed by atoms with van der Waals surface area (Å²) < 4.78 is 36.8. The second kappa shape index (κ2) is 7.38. The van der Waals surface area contributed by atoms with Gasteiger partial charge in [0.1, 0.15) is 6.54 Å². The Bertz CT molecular complexity index is 801. The maximum absolute atomic E-state index is 12.4. The van der Waals surface area contributed by atoms with Crippen molar-refractivity contribution in [2.24, 2.45) is 0 Å². The van der Waals surface area contributed by atoms with Crippen molar-refractivity contribution in [3.8, 4) is 0 Å². The van der Waals surface area contributed by atoms with Gasteiger partial charge in [-0.15, -0.1) is 0 Å². The standard InChI is InChI=1S/C18H17F3N2O2/c1-11-7-8-13(12(2)9-11)17(25)23-15-6-4-3-5-14(15)16(24)22-10-18(19,20)21/h3-9H,10H2,1-2H3,(H,22,24)(H,23,25). The highest BCUT2D eigenvalue weighted by Crippen LogP contribution is 2.19. The van der Waals surface area contributed by atoms with Gasteiger partial charge >= 0.3 is 6.18 Å². The molecule has 0 atom stereocenters. The number of anilines is 1. The molecule has 4 nitrogen and oxygen atoms in total. The van der Waals surface area contributed by atoms with Gasteiger partial charge < -0.3 is 10.6 Å². The van der Waals surface area contributed by atoms with Crippen LogP contribution in [0, 0.1) is 13.8 Å². The number of alkyl halides is 3. The van der Waals surface area contributed by atoms with Crippen LogP contribution in [0.2, 0.25) is 0 Å². The van der Waals surface area contributed by atoms with Crippen LogP contribution in [0.3, 0.4) is 0 Å². The highest BCUT2D eigenvalue weighted by atomic mass is 19.4. The molecule has 2 amide bonds. The van der Waals surface area contributed by atoms with Crippen LogP contribution < -0.4 is 10.6 Å². The molecule has 0 radical (unpaired) electrons. The lowest BCUT2D eigenvalue weighted by Gasteiger charge is -2.13. The van der Waals surface area contributed by atoms with Crippen molar-refractivity contribution >= 4 is 17.5 Å². The zero-order chi connectivity index (χ0) is 18.6. The van der Waals surface area contributed by atoms with Gasteiger partial charge in [0.15, 0.2) is 0 Å². The van der Waals surface area contributed by atoms with Crippen molar-refractivity contribution in [3.63, 3.8) is 0 Å². The molecule has 0 saturated heterocycles. The molecule has 2 aromatic carbocycles. The summed E-state index contributed by atoms with van der Waals surface area (Å²) in [6.45, 7) is 2.24. The third kappa shape index (κ3) is 5.07. The summed E-state index contributed by atoms with van der Waals surface area (Å²) in [5, 5.41) is 4.38. The predicted molar refractivity (Wildman–Crippen MR) is 88.7 cm³/mol. The Morgan fingerprint density at radius 1 is 0.960 bits per heavy atom. The van der Waals surface area contributed by atoms with Crippen LogP contribution >= 0.6 is 0 Å². The lowest BCUT2D eigenvalue weighted by molar-refractivity contribution is -0.123. The molecule has 0 aliphatic heterocycles. The number of aryl methyl sites for hydroxylation is 2. The van der Waals surface area contributed by atoms with E-state index in [4.69, 9.17) is 0 Å². The van der Waals surface area contributed by atoms with Crippen LogP contribution in [-0.2, 0) is 0 Å². The van der Waals surface area contributed by atoms with Crippen molar-refractivity contribution < 1.29 is 22.8 Å². The molecule has 0 aliphatic rings. The van der Waals surface area contributed by atoms with Crippen LogP contribution in [0.1, 0.15) is 31.8 Å². The fourth-order valence-corrected chi connectivity index (χ4v) is 2.32. The maximum atomic E-state index is 12.4. The van der Waals surface area contributed by atoms with E-state index in [1.54, 1.807) is 30.4 Å². The Labute approximate surface area is 143 Å². The Balaban J connectivity index is 2.20. The van der Waals surface area contributed by atoms with Crippen LogP contribution in [0.15, 0.2) is 42.5 Å². The average molecular weight is 350 g/mol. The van der Waals surface area contributed by atoms with Crippen molar-refractivity contribution in [3.05, 3.63) is 64.7 Å². The number of rotatable bonds is 4. The van der Waals surface area contributed by atoms with E-state index < -0.39 is 24.5 Å². The summed E-state index contributed by atoms with van der Waals surface area (Å²) in [5.74, 6) is -1.34. The summed E-state index contributed by atoms with van der Waals surface area (Å²) in [5.41, 5.74) is 2.30. The van der Waals surface area contributed by atoms with E-state index >= 15 is 0 Å². The van der Waals surface area contributed by atoms with E-state index in [0.717, 1.165) is 11.1 Å². The second-order valence-corrected chi connectivity index (χ2v) is 5.62. The average Bonchev–Trinajstić information content (AvgIpc) is 2.52. The minimum Gasteiger partial charge on any atom is -0.343 e. The van der Waals surface area contributed by atoms with Gasteiger partial charge in [0.25, 0.3) is 11.8 Å². The summed E-state index contributed by atoms with van der Waals surface area (Å²) in [7, 11) is 0. The lowest BCUT2D eigenvalue weighted by atomic mass is 10.0. The molecule has 7 heteroatoms. The van der Waals surface area contributed by atoms with Crippen LogP contribution in [0.5, 0.6) is 0 Å². The van der Waals surface area contributed by atoms with Gasteiger partial charge in [-0.05, 0) is 37.6 Å². The molecule has 2 rings (SSSR count). The first kappa shape index (κ1) is 18.5. The molecule has 0 unspecified atom stereocenters. The van der Waals surface area contributed by atoms with Crippen molar-refractivity contribution in [1.29, 1.82) is 0 Å². The van der Waals surface area contributed by atoms with E-state index in [9.17, 15) is 22.8 Å². The highest BCUT2D eigenvalue weighted by molar-refractivity contribution is 6.09. The number of hydrogen-bond acceptors (Lipinski definition) is 2. The fraction of sp³-hybridized carbons (Fsp3) is 0.222. The lowest BCUT2D eigenvalue weighted by Crippen LogP contribution is -2.34. The first-order chi connectivity index (χ1) is 11.7. The fourth-order valence-electron chi connectivity index (χ4n) is 2.32. The molecular formula is C18H17F3N2O2. The van der Waals surface area contributed by atoms with Gasteiger partial charge in [0.2, 0.25) is 0 Å². The van der Waals surface area contributed by atoms with E-state index in [1.165, 1.54) is 18.2 Å². The molecule has 132 valence electrons. The molecule has 2 N–H and O–H groups in total. The maximum Gasteiger partial charge on any atom is 0.405 e. The zero-order valence-electron chi connectivity index (χ0n) is 13.7. The van der Waals surface area contributed by atoms with Gasteiger partial charge in [-0.3, -0.25) is 9.59 Å². The van der Waals surface area contributed by atoms with Crippen molar-refractivity contribution in [2.75, 3.05) is 11.9 Å². The van der Waals surface area contributed by atoms with Gasteiger partial charge in [-0.1, -0.05) is 29.8 Å². The highest BCUT2D eigenvalue weighted by Gasteiger charge is 2.28. The monoisotopic (exact) mass is 350 g/mol. The molecule has 0 aromatic heterocycles. The number of carbonyl (C=O) groups is 2. The van der Waals surface area contributed by atoms with E-state index in [2.05, 4.69) is 5.32 Å². The first-order valence-electron chi connectivity index (χ1n) is 7.50. The topological polar surface area (TPSA) is 58.2 Å². The van der Waals surface area contributed by atoms with Crippen molar-refractivity contribution in [1.82, 2.24) is 5.32 Å². The molecule has 2 aromatic rings. The second-order valence-electron chi connectivity index (χ2n) is 5.62. The molecule has 0 heterocycles. The minimum absolute atomic E-state index is 0.0372. The Kier molecular flexibility index (Phi) is 5.46. The van der Waals surface area contributed by atoms with Gasteiger partial charge in [0.05, 0.1) is 11.3 Å². The third-order valence-electron chi connectivity index (χ3n) is 3.50. The molecular weight excluding hydrogens is 333 g/mol. The summed E-state index contributed by atoms with van der Waals surface area (Å²) in [6, 6.07) is 11.2. The molecule has 0 fully saturated rings. The van der Waals surface area contributed by atoms with Crippen LogP contribution in [-0.4, -0.2) is 24.5 Å².